The van der Waals surface area contributed by atoms with Gasteiger partial charge in [0, 0.05) is 12.4 Å². The second-order valence-electron chi connectivity index (χ2n) is 3.99. The van der Waals surface area contributed by atoms with Crippen LogP contribution in [0.15, 0.2) is 30.3 Å². The molecule has 1 aromatic rings. The SMILES string of the molecule is ClCCOCCNCCCCc1ccccc1. The Morgan fingerprint density at radius 1 is 1.00 bits per heavy atom. The first-order chi connectivity index (χ1) is 8.43. The molecule has 0 saturated heterocycles. The zero-order valence-electron chi connectivity index (χ0n) is 10.3. The van der Waals surface area contributed by atoms with E-state index in [0.29, 0.717) is 12.5 Å². The lowest BCUT2D eigenvalue weighted by atomic mass is 10.1. The number of unbranched alkanes of at least 4 members (excludes halogenated alkanes) is 1. The van der Waals surface area contributed by atoms with Gasteiger partial charge in [0.15, 0.2) is 0 Å². The molecule has 96 valence electrons. The van der Waals surface area contributed by atoms with Crippen molar-refractivity contribution in [2.24, 2.45) is 0 Å². The van der Waals surface area contributed by atoms with Gasteiger partial charge < -0.3 is 10.1 Å². The summed E-state index contributed by atoms with van der Waals surface area (Å²) in [6.07, 6.45) is 3.62. The van der Waals surface area contributed by atoms with E-state index in [2.05, 4.69) is 35.6 Å². The van der Waals surface area contributed by atoms with Crippen LogP contribution in [0.4, 0.5) is 0 Å². The van der Waals surface area contributed by atoms with Crippen molar-refractivity contribution < 1.29 is 4.74 Å². The third-order valence-corrected chi connectivity index (χ3v) is 2.71. The van der Waals surface area contributed by atoms with E-state index < -0.39 is 0 Å². The monoisotopic (exact) mass is 255 g/mol. The molecule has 0 atom stereocenters. The van der Waals surface area contributed by atoms with E-state index in [-0.39, 0.29) is 0 Å². The fraction of sp³-hybridized carbons (Fsp3) is 0.571. The molecule has 17 heavy (non-hydrogen) atoms. The van der Waals surface area contributed by atoms with Gasteiger partial charge in [-0.05, 0) is 31.4 Å². The Morgan fingerprint density at radius 2 is 1.82 bits per heavy atom. The van der Waals surface area contributed by atoms with E-state index in [1.165, 1.54) is 24.8 Å². The summed E-state index contributed by atoms with van der Waals surface area (Å²) in [6.45, 7) is 3.39. The number of hydrogen-bond acceptors (Lipinski definition) is 2. The van der Waals surface area contributed by atoms with Crippen molar-refractivity contribution in [2.75, 3.05) is 32.2 Å². The van der Waals surface area contributed by atoms with E-state index in [0.717, 1.165) is 19.7 Å². The van der Waals surface area contributed by atoms with Crippen molar-refractivity contribution in [3.05, 3.63) is 35.9 Å². The Balaban J connectivity index is 1.85. The van der Waals surface area contributed by atoms with Crippen LogP contribution < -0.4 is 5.32 Å². The van der Waals surface area contributed by atoms with E-state index in [9.17, 15) is 0 Å². The second-order valence-corrected chi connectivity index (χ2v) is 4.37. The van der Waals surface area contributed by atoms with Crippen molar-refractivity contribution in [3.8, 4) is 0 Å². The number of hydrogen-bond donors (Lipinski definition) is 1. The van der Waals surface area contributed by atoms with Crippen molar-refractivity contribution in [2.45, 2.75) is 19.3 Å². The highest BCUT2D eigenvalue weighted by atomic mass is 35.5. The first-order valence-corrected chi connectivity index (χ1v) is 6.85. The Labute approximate surface area is 109 Å². The first kappa shape index (κ1) is 14.5. The molecule has 0 aliphatic rings. The van der Waals surface area contributed by atoms with Gasteiger partial charge in [0.1, 0.15) is 0 Å². The topological polar surface area (TPSA) is 21.3 Å². The minimum atomic E-state index is 0.580. The molecule has 0 bridgehead atoms. The minimum absolute atomic E-state index is 0.580. The van der Waals surface area contributed by atoms with Gasteiger partial charge in [-0.3, -0.25) is 0 Å². The van der Waals surface area contributed by atoms with Crippen molar-refractivity contribution in [1.82, 2.24) is 5.32 Å². The van der Waals surface area contributed by atoms with Gasteiger partial charge in [-0.15, -0.1) is 11.6 Å². The number of benzene rings is 1. The summed E-state index contributed by atoms with van der Waals surface area (Å²) in [5.74, 6) is 0.580. The van der Waals surface area contributed by atoms with E-state index in [4.69, 9.17) is 16.3 Å². The van der Waals surface area contributed by atoms with Crippen LogP contribution in [0, 0.1) is 0 Å². The molecule has 0 aliphatic carbocycles. The lowest BCUT2D eigenvalue weighted by molar-refractivity contribution is 0.151. The molecule has 1 rings (SSSR count). The maximum atomic E-state index is 5.50. The zero-order valence-corrected chi connectivity index (χ0v) is 11.1. The van der Waals surface area contributed by atoms with E-state index >= 15 is 0 Å². The molecule has 0 unspecified atom stereocenters. The molecule has 1 aromatic carbocycles. The molecule has 3 heteroatoms. The zero-order chi connectivity index (χ0) is 12.2. The van der Waals surface area contributed by atoms with Crippen LogP contribution in [0.5, 0.6) is 0 Å². The molecule has 2 nitrogen and oxygen atoms in total. The molecule has 0 fully saturated rings. The summed E-state index contributed by atoms with van der Waals surface area (Å²) in [7, 11) is 0. The van der Waals surface area contributed by atoms with Crippen LogP contribution in [-0.2, 0) is 11.2 Å². The van der Waals surface area contributed by atoms with Crippen molar-refractivity contribution >= 4 is 11.6 Å². The number of nitrogens with one attached hydrogen (secondary N) is 1. The fourth-order valence-corrected chi connectivity index (χ4v) is 1.76. The summed E-state index contributed by atoms with van der Waals surface area (Å²) in [6, 6.07) is 10.6. The third kappa shape index (κ3) is 8.19. The Bertz CT molecular complexity index is 266. The van der Waals surface area contributed by atoms with E-state index in [1.807, 2.05) is 0 Å². The summed E-state index contributed by atoms with van der Waals surface area (Å²) in [5, 5.41) is 3.36. The number of aryl methyl sites for hydroxylation is 1. The predicted octanol–water partition coefficient (Wildman–Crippen LogP) is 2.85. The number of alkyl halides is 1. The lowest BCUT2D eigenvalue weighted by Gasteiger charge is -2.05. The summed E-state index contributed by atoms with van der Waals surface area (Å²) in [4.78, 5) is 0. The maximum Gasteiger partial charge on any atom is 0.0602 e. The van der Waals surface area contributed by atoms with Gasteiger partial charge >= 0.3 is 0 Å². The fourth-order valence-electron chi connectivity index (χ4n) is 1.65. The van der Waals surface area contributed by atoms with Crippen LogP contribution in [0.3, 0.4) is 0 Å². The molecule has 0 aliphatic heterocycles. The van der Waals surface area contributed by atoms with Crippen LogP contribution in [-0.4, -0.2) is 32.2 Å². The van der Waals surface area contributed by atoms with Gasteiger partial charge in [-0.25, -0.2) is 0 Å². The van der Waals surface area contributed by atoms with E-state index in [1.54, 1.807) is 0 Å². The van der Waals surface area contributed by atoms with Gasteiger partial charge in [0.05, 0.1) is 13.2 Å². The average molecular weight is 256 g/mol. The molecule has 0 radical (unpaired) electrons. The molecule has 0 spiro atoms. The highest BCUT2D eigenvalue weighted by Crippen LogP contribution is 2.03. The third-order valence-electron chi connectivity index (χ3n) is 2.56. The second kappa shape index (κ2) is 10.6. The van der Waals surface area contributed by atoms with Gasteiger partial charge in [0.25, 0.3) is 0 Å². The lowest BCUT2D eigenvalue weighted by Crippen LogP contribution is -2.21. The Hall–Kier alpha value is -0.570. The van der Waals surface area contributed by atoms with Crippen molar-refractivity contribution in [1.29, 1.82) is 0 Å². The van der Waals surface area contributed by atoms with Gasteiger partial charge in [0.2, 0.25) is 0 Å². The number of halogens is 1. The largest absolute Gasteiger partial charge is 0.379 e. The summed E-state index contributed by atoms with van der Waals surface area (Å²) in [5.41, 5.74) is 1.43. The molecule has 0 heterocycles. The van der Waals surface area contributed by atoms with Crippen LogP contribution in [0.2, 0.25) is 0 Å². The Kier molecular flexibility index (Phi) is 9.01. The summed E-state index contributed by atoms with van der Waals surface area (Å²) >= 11 is 5.50. The van der Waals surface area contributed by atoms with Crippen LogP contribution >= 0.6 is 11.6 Å². The Morgan fingerprint density at radius 3 is 2.59 bits per heavy atom. The molecular weight excluding hydrogens is 234 g/mol. The van der Waals surface area contributed by atoms with Crippen LogP contribution in [0.1, 0.15) is 18.4 Å². The highest BCUT2D eigenvalue weighted by Gasteiger charge is 1.92. The molecule has 0 saturated carbocycles. The highest BCUT2D eigenvalue weighted by molar-refractivity contribution is 6.17. The minimum Gasteiger partial charge on any atom is -0.379 e. The number of ether oxygens (including phenoxy) is 1. The molecular formula is C14H22ClNO. The number of rotatable bonds is 10. The normalized spacial score (nSPS) is 10.6. The van der Waals surface area contributed by atoms with Gasteiger partial charge in [-0.1, -0.05) is 30.3 Å². The predicted molar refractivity (Wildman–Crippen MR) is 73.8 cm³/mol. The van der Waals surface area contributed by atoms with Gasteiger partial charge in [-0.2, -0.15) is 0 Å². The average Bonchev–Trinajstić information content (AvgIpc) is 2.38. The molecule has 0 aromatic heterocycles. The smallest absolute Gasteiger partial charge is 0.0602 e. The van der Waals surface area contributed by atoms with Crippen LogP contribution in [0.25, 0.3) is 0 Å². The standard InChI is InChI=1S/C14H22ClNO/c15-9-12-17-13-11-16-10-5-4-8-14-6-2-1-3-7-14/h1-3,6-7,16H,4-5,8-13H2. The quantitative estimate of drug-likeness (QED) is 0.513. The molecule has 1 N–H and O–H groups in total. The first-order valence-electron chi connectivity index (χ1n) is 6.32. The summed E-state index contributed by atoms with van der Waals surface area (Å²) < 4.78 is 5.26. The maximum absolute atomic E-state index is 5.50. The molecule has 0 amide bonds. The van der Waals surface area contributed by atoms with Crippen molar-refractivity contribution in [3.63, 3.8) is 0 Å².